The fourth-order valence-corrected chi connectivity index (χ4v) is 5.84. The molecule has 2 amide bonds. The van der Waals surface area contributed by atoms with Crippen molar-refractivity contribution in [2.24, 2.45) is 0 Å². The first-order valence-corrected chi connectivity index (χ1v) is 11.4. The van der Waals surface area contributed by atoms with Crippen molar-refractivity contribution in [2.45, 2.75) is 25.8 Å². The topological polar surface area (TPSA) is 97.4 Å². The molecule has 1 aliphatic heterocycles. The summed E-state index contributed by atoms with van der Waals surface area (Å²) in [6, 6.07) is 4.85. The predicted molar refractivity (Wildman–Crippen MR) is 116 cm³/mol. The number of nitrogens with zero attached hydrogens (tertiary/aromatic N) is 3. The minimum absolute atomic E-state index is 0.0895. The second-order valence-electron chi connectivity index (χ2n) is 6.62. The molecule has 1 aromatic carbocycles. The number of piperidine rings is 1. The monoisotopic (exact) mass is 542 g/mol. The van der Waals surface area contributed by atoms with E-state index in [2.05, 4.69) is 42.2 Å². The number of fused-ring (bicyclic) bond motifs is 1. The SMILES string of the molecule is O=C(Nc1ccc2oc(=O)n(CC(=O)N3CCCCC3)c2c1)c1nc(Br)sc1Br. The number of benzene rings is 1. The van der Waals surface area contributed by atoms with Gasteiger partial charge in [0.05, 0.1) is 5.52 Å². The van der Waals surface area contributed by atoms with E-state index in [4.69, 9.17) is 4.42 Å². The molecule has 0 saturated carbocycles. The number of hydrogen-bond acceptors (Lipinski definition) is 6. The van der Waals surface area contributed by atoms with E-state index >= 15 is 0 Å². The number of aromatic nitrogens is 2. The van der Waals surface area contributed by atoms with Gasteiger partial charge in [-0.15, -0.1) is 0 Å². The lowest BCUT2D eigenvalue weighted by molar-refractivity contribution is -0.132. The Morgan fingerprint density at radius 3 is 2.66 bits per heavy atom. The zero-order valence-electron chi connectivity index (χ0n) is 15.1. The fourth-order valence-electron chi connectivity index (χ4n) is 3.28. The van der Waals surface area contributed by atoms with Gasteiger partial charge >= 0.3 is 5.76 Å². The number of hydrogen-bond donors (Lipinski definition) is 1. The Kier molecular flexibility index (Phi) is 5.88. The molecule has 0 radical (unpaired) electrons. The molecule has 1 fully saturated rings. The maximum absolute atomic E-state index is 12.6. The molecule has 4 rings (SSSR count). The lowest BCUT2D eigenvalue weighted by atomic mass is 10.1. The van der Waals surface area contributed by atoms with Crippen molar-refractivity contribution in [3.05, 3.63) is 42.1 Å². The number of rotatable bonds is 4. The van der Waals surface area contributed by atoms with Crippen LogP contribution in [0.2, 0.25) is 0 Å². The summed E-state index contributed by atoms with van der Waals surface area (Å²) in [4.78, 5) is 43.3. The van der Waals surface area contributed by atoms with Crippen LogP contribution in [0, 0.1) is 0 Å². The Bertz CT molecular complexity index is 1150. The van der Waals surface area contributed by atoms with E-state index in [1.54, 1.807) is 23.1 Å². The molecular weight excluding hydrogens is 528 g/mol. The third kappa shape index (κ3) is 4.31. The number of anilines is 1. The normalized spacial score (nSPS) is 14.3. The molecule has 8 nitrogen and oxygen atoms in total. The van der Waals surface area contributed by atoms with Gasteiger partial charge < -0.3 is 14.6 Å². The average molecular weight is 544 g/mol. The molecule has 0 spiro atoms. The average Bonchev–Trinajstić information content (AvgIpc) is 3.20. The Hall–Kier alpha value is -1.98. The van der Waals surface area contributed by atoms with Gasteiger partial charge in [0.2, 0.25) is 5.91 Å². The first-order chi connectivity index (χ1) is 13.9. The van der Waals surface area contributed by atoms with Crippen molar-refractivity contribution in [1.29, 1.82) is 0 Å². The summed E-state index contributed by atoms with van der Waals surface area (Å²) >= 11 is 7.86. The number of carbonyl (C=O) groups is 2. The summed E-state index contributed by atoms with van der Waals surface area (Å²) < 4.78 is 7.75. The van der Waals surface area contributed by atoms with Crippen LogP contribution in [-0.4, -0.2) is 39.4 Å². The van der Waals surface area contributed by atoms with E-state index in [9.17, 15) is 14.4 Å². The Balaban J connectivity index is 1.59. The Labute approximate surface area is 186 Å². The highest BCUT2D eigenvalue weighted by molar-refractivity contribution is 9.12. The molecule has 11 heteroatoms. The standard InChI is InChI=1S/C18H16Br2N4O4S/c19-15-14(22-17(20)29-15)16(26)21-10-4-5-12-11(8-10)24(18(27)28-12)9-13(25)23-6-2-1-3-7-23/h4-5,8H,1-3,6-7,9H2,(H,21,26). The molecule has 29 heavy (non-hydrogen) atoms. The molecule has 1 aliphatic rings. The van der Waals surface area contributed by atoms with Gasteiger partial charge in [0.25, 0.3) is 5.91 Å². The van der Waals surface area contributed by atoms with Gasteiger partial charge in [-0.2, -0.15) is 0 Å². The maximum atomic E-state index is 12.6. The molecule has 152 valence electrons. The minimum atomic E-state index is -0.597. The van der Waals surface area contributed by atoms with Gasteiger partial charge in [-0.1, -0.05) is 11.3 Å². The van der Waals surface area contributed by atoms with Crippen LogP contribution in [0.25, 0.3) is 11.1 Å². The molecule has 3 aromatic rings. The van der Waals surface area contributed by atoms with E-state index in [0.29, 0.717) is 37.6 Å². The molecule has 0 aliphatic carbocycles. The smallest absolute Gasteiger partial charge is 0.408 e. The summed E-state index contributed by atoms with van der Waals surface area (Å²) in [6.45, 7) is 1.33. The second kappa shape index (κ2) is 8.41. The molecule has 0 unspecified atom stereocenters. The van der Waals surface area contributed by atoms with Crippen molar-refractivity contribution in [3.8, 4) is 0 Å². The van der Waals surface area contributed by atoms with Gasteiger partial charge in [0, 0.05) is 18.8 Å². The lowest BCUT2D eigenvalue weighted by Crippen LogP contribution is -2.39. The number of thiazole rings is 1. The van der Waals surface area contributed by atoms with Gasteiger partial charge in [-0.25, -0.2) is 9.78 Å². The summed E-state index contributed by atoms with van der Waals surface area (Å²) in [5.74, 6) is -1.10. The van der Waals surface area contributed by atoms with Gasteiger partial charge in [0.1, 0.15) is 10.3 Å². The lowest BCUT2D eigenvalue weighted by Gasteiger charge is -2.26. The first kappa shape index (κ1) is 20.3. The number of halogens is 2. The number of likely N-dealkylation sites (tertiary alicyclic amines) is 1. The molecule has 0 atom stereocenters. The third-order valence-electron chi connectivity index (χ3n) is 4.70. The van der Waals surface area contributed by atoms with Crippen LogP contribution in [0.3, 0.4) is 0 Å². The predicted octanol–water partition coefficient (Wildman–Crippen LogP) is 3.84. The number of amides is 2. The largest absolute Gasteiger partial charge is 0.420 e. The quantitative estimate of drug-likeness (QED) is 0.539. The highest BCUT2D eigenvalue weighted by Crippen LogP contribution is 2.29. The highest BCUT2D eigenvalue weighted by atomic mass is 79.9. The van der Waals surface area contributed by atoms with Gasteiger partial charge in [-0.3, -0.25) is 14.2 Å². The van der Waals surface area contributed by atoms with E-state index in [0.717, 1.165) is 19.3 Å². The van der Waals surface area contributed by atoms with Crippen molar-refractivity contribution in [1.82, 2.24) is 14.5 Å². The van der Waals surface area contributed by atoms with E-state index in [1.165, 1.54) is 15.9 Å². The number of nitrogens with one attached hydrogen (secondary N) is 1. The zero-order chi connectivity index (χ0) is 20.5. The van der Waals surface area contributed by atoms with E-state index in [-0.39, 0.29) is 24.1 Å². The Morgan fingerprint density at radius 1 is 1.21 bits per heavy atom. The number of oxazole rings is 1. The van der Waals surface area contributed by atoms with Crippen molar-refractivity contribution < 1.29 is 14.0 Å². The van der Waals surface area contributed by atoms with Crippen LogP contribution in [-0.2, 0) is 11.3 Å². The van der Waals surface area contributed by atoms with Crippen LogP contribution >= 0.6 is 43.2 Å². The summed E-state index contributed by atoms with van der Waals surface area (Å²) in [5.41, 5.74) is 1.54. The van der Waals surface area contributed by atoms with E-state index in [1.807, 2.05) is 0 Å². The summed E-state index contributed by atoms with van der Waals surface area (Å²) in [5, 5.41) is 2.76. The molecule has 1 N–H and O–H groups in total. The summed E-state index contributed by atoms with van der Waals surface area (Å²) in [6.07, 6.45) is 3.07. The fraction of sp³-hybridized carbons (Fsp3) is 0.333. The molecular formula is C18H16Br2N4O4S. The van der Waals surface area contributed by atoms with Crippen LogP contribution in [0.1, 0.15) is 29.8 Å². The van der Waals surface area contributed by atoms with Crippen molar-refractivity contribution in [3.63, 3.8) is 0 Å². The second-order valence-corrected chi connectivity index (χ2v) is 10.2. The highest BCUT2D eigenvalue weighted by Gasteiger charge is 2.21. The van der Waals surface area contributed by atoms with Gasteiger partial charge in [-0.05, 0) is 69.3 Å². The van der Waals surface area contributed by atoms with Crippen molar-refractivity contribution >= 4 is 71.8 Å². The molecule has 2 aromatic heterocycles. The van der Waals surface area contributed by atoms with E-state index < -0.39 is 5.76 Å². The Morgan fingerprint density at radius 2 is 1.97 bits per heavy atom. The minimum Gasteiger partial charge on any atom is -0.408 e. The van der Waals surface area contributed by atoms with Crippen LogP contribution in [0.5, 0.6) is 0 Å². The first-order valence-electron chi connectivity index (χ1n) is 8.97. The molecule has 0 bridgehead atoms. The van der Waals surface area contributed by atoms with Gasteiger partial charge in [0.15, 0.2) is 15.2 Å². The van der Waals surface area contributed by atoms with Crippen LogP contribution in [0.4, 0.5) is 5.69 Å². The van der Waals surface area contributed by atoms with Crippen LogP contribution in [0.15, 0.2) is 35.1 Å². The summed E-state index contributed by atoms with van der Waals surface area (Å²) in [7, 11) is 0. The maximum Gasteiger partial charge on any atom is 0.420 e. The van der Waals surface area contributed by atoms with Crippen LogP contribution < -0.4 is 11.1 Å². The number of carbonyl (C=O) groups excluding carboxylic acids is 2. The molecule has 3 heterocycles. The molecule has 1 saturated heterocycles. The zero-order valence-corrected chi connectivity index (χ0v) is 19.1. The third-order valence-corrected chi connectivity index (χ3v) is 6.86. The van der Waals surface area contributed by atoms with Crippen molar-refractivity contribution in [2.75, 3.05) is 18.4 Å².